The molecule has 0 spiro atoms. The van der Waals surface area contributed by atoms with Gasteiger partial charge in [-0.1, -0.05) is 12.8 Å². The van der Waals surface area contributed by atoms with Gasteiger partial charge >= 0.3 is 6.16 Å². The predicted octanol–water partition coefficient (Wildman–Crippen LogP) is 0.909. The topological polar surface area (TPSA) is 44.8 Å². The van der Waals surface area contributed by atoms with Crippen LogP contribution in [0.15, 0.2) is 0 Å². The molecule has 0 N–H and O–H groups in total. The Morgan fingerprint density at radius 3 is 3.00 bits per heavy atom. The average Bonchev–Trinajstić information content (AvgIpc) is 2.45. The number of ether oxygens (including phenoxy) is 3. The molecule has 0 radical (unpaired) electrons. The minimum atomic E-state index is -0.955. The molecule has 12 heavy (non-hydrogen) atoms. The van der Waals surface area contributed by atoms with Crippen LogP contribution in [0.25, 0.3) is 0 Å². The maximum Gasteiger partial charge on any atom is 0.511 e. The van der Waals surface area contributed by atoms with E-state index in [4.69, 9.17) is 15.9 Å². The number of hydrogen-bond donors (Lipinski definition) is 0. The highest BCUT2D eigenvalue weighted by molar-refractivity contribution is 5.62. The van der Waals surface area contributed by atoms with E-state index in [0.29, 0.717) is 6.42 Å². The SMILES string of the molecule is C#CCOC1(CC)COC(=O)O1. The first-order chi connectivity index (χ1) is 5.72. The molecule has 4 nitrogen and oxygen atoms in total. The molecule has 0 aromatic rings. The summed E-state index contributed by atoms with van der Waals surface area (Å²) in [6.07, 6.45) is 4.83. The monoisotopic (exact) mass is 170 g/mol. The number of carbonyl (C=O) groups is 1. The molecule has 0 aromatic heterocycles. The third-order valence-corrected chi connectivity index (χ3v) is 1.64. The van der Waals surface area contributed by atoms with Crippen molar-refractivity contribution >= 4 is 6.16 Å². The van der Waals surface area contributed by atoms with Crippen LogP contribution >= 0.6 is 0 Å². The molecule has 1 saturated heterocycles. The summed E-state index contributed by atoms with van der Waals surface area (Å²) in [7, 11) is 0. The summed E-state index contributed by atoms with van der Waals surface area (Å²) < 4.78 is 14.6. The summed E-state index contributed by atoms with van der Waals surface area (Å²) in [5, 5.41) is 0. The third-order valence-electron chi connectivity index (χ3n) is 1.64. The first kappa shape index (κ1) is 8.88. The maximum atomic E-state index is 10.6. The zero-order valence-electron chi connectivity index (χ0n) is 6.83. The van der Waals surface area contributed by atoms with E-state index in [0.717, 1.165) is 0 Å². The lowest BCUT2D eigenvalue weighted by atomic mass is 10.2. The van der Waals surface area contributed by atoms with Gasteiger partial charge in [0.25, 0.3) is 5.79 Å². The van der Waals surface area contributed by atoms with Crippen molar-refractivity contribution in [2.75, 3.05) is 13.2 Å². The molecule has 1 aliphatic heterocycles. The second kappa shape index (κ2) is 3.46. The zero-order chi connectivity index (χ0) is 9.03. The van der Waals surface area contributed by atoms with Gasteiger partial charge in [-0.15, -0.1) is 6.42 Å². The van der Waals surface area contributed by atoms with E-state index in [-0.39, 0.29) is 13.2 Å². The molecule has 0 amide bonds. The van der Waals surface area contributed by atoms with Gasteiger partial charge in [-0.25, -0.2) is 4.79 Å². The summed E-state index contributed by atoms with van der Waals surface area (Å²) in [4.78, 5) is 10.6. The third kappa shape index (κ3) is 1.69. The summed E-state index contributed by atoms with van der Waals surface area (Å²) in [6.45, 7) is 2.06. The molecule has 0 aliphatic carbocycles. The lowest BCUT2D eigenvalue weighted by Gasteiger charge is -2.21. The second-order valence-corrected chi connectivity index (χ2v) is 2.40. The molecule has 1 fully saturated rings. The van der Waals surface area contributed by atoms with Crippen molar-refractivity contribution < 1.29 is 19.0 Å². The van der Waals surface area contributed by atoms with Gasteiger partial charge in [0.15, 0.2) is 6.61 Å². The second-order valence-electron chi connectivity index (χ2n) is 2.40. The highest BCUT2D eigenvalue weighted by atomic mass is 16.8. The molecule has 0 aromatic carbocycles. The molecule has 1 rings (SSSR count). The lowest BCUT2D eigenvalue weighted by Crippen LogP contribution is -2.34. The normalized spacial score (nSPS) is 27.5. The Balaban J connectivity index is 2.53. The Kier molecular flexibility index (Phi) is 2.56. The van der Waals surface area contributed by atoms with Crippen LogP contribution in [0.4, 0.5) is 4.79 Å². The largest absolute Gasteiger partial charge is 0.511 e. The number of hydrogen-bond acceptors (Lipinski definition) is 4. The quantitative estimate of drug-likeness (QED) is 0.466. The van der Waals surface area contributed by atoms with E-state index >= 15 is 0 Å². The molecule has 0 bridgehead atoms. The Morgan fingerprint density at radius 1 is 1.83 bits per heavy atom. The zero-order valence-corrected chi connectivity index (χ0v) is 6.83. The molecule has 1 unspecified atom stereocenters. The van der Waals surface area contributed by atoms with Crippen LogP contribution in [0.1, 0.15) is 13.3 Å². The van der Waals surface area contributed by atoms with E-state index in [9.17, 15) is 4.79 Å². The van der Waals surface area contributed by atoms with Gasteiger partial charge < -0.3 is 14.2 Å². The molecular weight excluding hydrogens is 160 g/mol. The van der Waals surface area contributed by atoms with Gasteiger partial charge in [0, 0.05) is 6.42 Å². The molecule has 1 atom stereocenters. The van der Waals surface area contributed by atoms with Crippen LogP contribution in [0.2, 0.25) is 0 Å². The van der Waals surface area contributed by atoms with Crippen molar-refractivity contribution in [3.8, 4) is 12.3 Å². The van der Waals surface area contributed by atoms with E-state index in [2.05, 4.69) is 10.7 Å². The molecule has 1 heterocycles. The van der Waals surface area contributed by atoms with Crippen LogP contribution < -0.4 is 0 Å². The molecule has 0 saturated carbocycles. The summed E-state index contributed by atoms with van der Waals surface area (Å²) in [5.41, 5.74) is 0. The van der Waals surface area contributed by atoms with Gasteiger partial charge in [-0.2, -0.15) is 0 Å². The van der Waals surface area contributed by atoms with Gasteiger partial charge in [0.2, 0.25) is 0 Å². The number of terminal acetylenes is 1. The Labute approximate surface area is 70.8 Å². The van der Waals surface area contributed by atoms with Crippen molar-refractivity contribution in [2.24, 2.45) is 0 Å². The van der Waals surface area contributed by atoms with Crippen LogP contribution in [-0.2, 0) is 14.2 Å². The Bertz CT molecular complexity index is 218. The summed E-state index contributed by atoms with van der Waals surface area (Å²) >= 11 is 0. The first-order valence-corrected chi connectivity index (χ1v) is 3.65. The van der Waals surface area contributed by atoms with Crippen molar-refractivity contribution in [3.63, 3.8) is 0 Å². The molecule has 66 valence electrons. The Hall–Kier alpha value is -1.21. The van der Waals surface area contributed by atoms with E-state index in [1.807, 2.05) is 6.92 Å². The molecule has 4 heteroatoms. The lowest BCUT2D eigenvalue weighted by molar-refractivity contribution is -0.172. The van der Waals surface area contributed by atoms with E-state index in [1.165, 1.54) is 0 Å². The summed E-state index contributed by atoms with van der Waals surface area (Å²) in [5.74, 6) is 1.34. The van der Waals surface area contributed by atoms with Crippen LogP contribution in [0, 0.1) is 12.3 Å². The van der Waals surface area contributed by atoms with E-state index in [1.54, 1.807) is 0 Å². The van der Waals surface area contributed by atoms with Crippen LogP contribution in [0.5, 0.6) is 0 Å². The van der Waals surface area contributed by atoms with Gasteiger partial charge in [0.1, 0.15) is 6.61 Å². The molecular formula is C8H10O4. The fourth-order valence-electron chi connectivity index (χ4n) is 0.900. The van der Waals surface area contributed by atoms with Crippen molar-refractivity contribution in [1.29, 1.82) is 0 Å². The minimum Gasteiger partial charge on any atom is -0.427 e. The van der Waals surface area contributed by atoms with Gasteiger partial charge in [-0.3, -0.25) is 0 Å². The predicted molar refractivity (Wildman–Crippen MR) is 40.2 cm³/mol. The van der Waals surface area contributed by atoms with Crippen molar-refractivity contribution in [3.05, 3.63) is 0 Å². The van der Waals surface area contributed by atoms with Crippen molar-refractivity contribution in [1.82, 2.24) is 0 Å². The number of carbonyl (C=O) groups excluding carboxylic acids is 1. The fraction of sp³-hybridized carbons (Fsp3) is 0.625. The Morgan fingerprint density at radius 2 is 2.58 bits per heavy atom. The number of rotatable bonds is 3. The van der Waals surface area contributed by atoms with Gasteiger partial charge in [0.05, 0.1) is 0 Å². The highest BCUT2D eigenvalue weighted by Gasteiger charge is 2.41. The van der Waals surface area contributed by atoms with Gasteiger partial charge in [-0.05, 0) is 0 Å². The smallest absolute Gasteiger partial charge is 0.427 e. The molecule has 1 aliphatic rings. The minimum absolute atomic E-state index is 0.115. The van der Waals surface area contributed by atoms with Crippen LogP contribution in [0.3, 0.4) is 0 Å². The maximum absolute atomic E-state index is 10.6. The summed E-state index contributed by atoms with van der Waals surface area (Å²) in [6, 6.07) is 0. The van der Waals surface area contributed by atoms with E-state index < -0.39 is 11.9 Å². The number of cyclic esters (lactones) is 2. The average molecular weight is 170 g/mol. The highest BCUT2D eigenvalue weighted by Crippen LogP contribution is 2.24. The van der Waals surface area contributed by atoms with Crippen LogP contribution in [-0.4, -0.2) is 25.2 Å². The standard InChI is InChI=1S/C8H10O4/c1-3-5-11-8(4-2)6-10-7(9)12-8/h1H,4-6H2,2H3. The van der Waals surface area contributed by atoms with Crippen molar-refractivity contribution in [2.45, 2.75) is 19.1 Å². The fourth-order valence-corrected chi connectivity index (χ4v) is 0.900. The first-order valence-electron chi connectivity index (χ1n) is 3.65.